The summed E-state index contributed by atoms with van der Waals surface area (Å²) in [5.41, 5.74) is 10.3. The molecule has 7 heteroatoms. The van der Waals surface area contributed by atoms with E-state index in [1.165, 1.54) is 11.1 Å². The largest absolute Gasteiger partial charge is 0.368 e. The molecule has 144 valence electrons. The summed E-state index contributed by atoms with van der Waals surface area (Å²) in [5, 5.41) is 7.46. The number of nitrogens with one attached hydrogen (secondary N) is 1. The third-order valence-electron chi connectivity index (χ3n) is 5.20. The first-order valence-corrected chi connectivity index (χ1v) is 9.56. The molecule has 4 rings (SSSR count). The highest BCUT2D eigenvalue weighted by Gasteiger charge is 2.28. The van der Waals surface area contributed by atoms with E-state index in [4.69, 9.17) is 5.73 Å². The molecule has 3 aromatic rings. The average molecular weight is 376 g/mol. The first-order valence-electron chi connectivity index (χ1n) is 9.56. The Labute approximate surface area is 164 Å². The summed E-state index contributed by atoms with van der Waals surface area (Å²) in [6.07, 6.45) is 4.70. The van der Waals surface area contributed by atoms with Gasteiger partial charge >= 0.3 is 0 Å². The highest BCUT2D eigenvalue weighted by molar-refractivity contribution is 5.92. The molecule has 3 N–H and O–H groups in total. The second-order valence-electron chi connectivity index (χ2n) is 7.31. The minimum absolute atomic E-state index is 0.0916. The fourth-order valence-electron chi connectivity index (χ4n) is 3.89. The van der Waals surface area contributed by atoms with Gasteiger partial charge in [-0.05, 0) is 37.0 Å². The average Bonchev–Trinajstić information content (AvgIpc) is 3.15. The van der Waals surface area contributed by atoms with Gasteiger partial charge < -0.3 is 10.6 Å². The summed E-state index contributed by atoms with van der Waals surface area (Å²) in [7, 11) is 0. The van der Waals surface area contributed by atoms with Gasteiger partial charge in [0.15, 0.2) is 0 Å². The van der Waals surface area contributed by atoms with E-state index in [2.05, 4.69) is 32.3 Å². The van der Waals surface area contributed by atoms with Crippen LogP contribution in [0.25, 0.3) is 0 Å². The Morgan fingerprint density at radius 1 is 1.29 bits per heavy atom. The number of aromatic amines is 1. The molecule has 0 spiro atoms. The lowest BCUT2D eigenvalue weighted by molar-refractivity contribution is 0.0699. The predicted molar refractivity (Wildman–Crippen MR) is 107 cm³/mol. The first kappa shape index (κ1) is 18.2. The molecule has 0 bridgehead atoms. The van der Waals surface area contributed by atoms with E-state index in [0.717, 1.165) is 31.5 Å². The number of H-pyrrole nitrogens is 1. The van der Waals surface area contributed by atoms with Crippen LogP contribution in [0.5, 0.6) is 0 Å². The molecular weight excluding hydrogens is 352 g/mol. The van der Waals surface area contributed by atoms with Crippen molar-refractivity contribution in [3.05, 3.63) is 70.8 Å². The van der Waals surface area contributed by atoms with Gasteiger partial charge in [-0.2, -0.15) is 5.10 Å². The van der Waals surface area contributed by atoms with E-state index in [1.54, 1.807) is 6.07 Å². The number of rotatable bonds is 4. The Morgan fingerprint density at radius 2 is 2.11 bits per heavy atom. The molecule has 0 saturated carbocycles. The van der Waals surface area contributed by atoms with Crippen LogP contribution >= 0.6 is 0 Å². The van der Waals surface area contributed by atoms with E-state index in [1.807, 2.05) is 36.2 Å². The van der Waals surface area contributed by atoms with Gasteiger partial charge in [-0.3, -0.25) is 9.89 Å². The van der Waals surface area contributed by atoms with Crippen molar-refractivity contribution >= 4 is 11.9 Å². The van der Waals surface area contributed by atoms with Gasteiger partial charge in [-0.25, -0.2) is 9.97 Å². The lowest BCUT2D eigenvalue weighted by Gasteiger charge is -2.32. The van der Waals surface area contributed by atoms with Crippen molar-refractivity contribution in [2.75, 3.05) is 18.8 Å². The van der Waals surface area contributed by atoms with Crippen LogP contribution in [-0.2, 0) is 6.42 Å². The zero-order valence-corrected chi connectivity index (χ0v) is 15.9. The summed E-state index contributed by atoms with van der Waals surface area (Å²) in [4.78, 5) is 23.0. The van der Waals surface area contributed by atoms with Crippen LogP contribution in [0.15, 0.2) is 42.6 Å². The molecule has 0 unspecified atom stereocenters. The summed E-state index contributed by atoms with van der Waals surface area (Å²) in [6, 6.07) is 12.0. The lowest BCUT2D eigenvalue weighted by atomic mass is 9.90. The standard InChI is InChI=1S/C21H24N6O/c1-14-10-18(25-21(22)24-14)20(28)27-9-5-8-16(13-27)19-17(12-23-26-19)11-15-6-3-2-4-7-15/h2-4,6-7,10,12,16H,5,8-9,11,13H2,1H3,(H,23,26)(H2,22,24,25)/t16-/m1/s1. The zero-order valence-electron chi connectivity index (χ0n) is 15.9. The van der Waals surface area contributed by atoms with Crippen LogP contribution in [0.3, 0.4) is 0 Å². The number of aryl methyl sites for hydroxylation is 1. The number of aromatic nitrogens is 4. The zero-order chi connectivity index (χ0) is 19.5. The van der Waals surface area contributed by atoms with Gasteiger partial charge in [-0.15, -0.1) is 0 Å². The van der Waals surface area contributed by atoms with Crippen LogP contribution in [0.1, 0.15) is 51.8 Å². The van der Waals surface area contributed by atoms with E-state index in [-0.39, 0.29) is 17.8 Å². The third-order valence-corrected chi connectivity index (χ3v) is 5.20. The molecule has 28 heavy (non-hydrogen) atoms. The summed E-state index contributed by atoms with van der Waals surface area (Å²) < 4.78 is 0. The number of likely N-dealkylation sites (tertiary alicyclic amines) is 1. The van der Waals surface area contributed by atoms with Gasteiger partial charge in [0.1, 0.15) is 5.69 Å². The van der Waals surface area contributed by atoms with E-state index >= 15 is 0 Å². The molecule has 2 aromatic heterocycles. The molecule has 1 aliphatic heterocycles. The third kappa shape index (κ3) is 3.88. The Kier molecular flexibility index (Phi) is 5.06. The number of benzene rings is 1. The van der Waals surface area contributed by atoms with Gasteiger partial charge in [0.25, 0.3) is 5.91 Å². The molecule has 1 aliphatic rings. The van der Waals surface area contributed by atoms with Crippen LogP contribution in [0.2, 0.25) is 0 Å². The molecule has 1 saturated heterocycles. The first-order chi connectivity index (χ1) is 13.6. The number of piperidine rings is 1. The molecule has 7 nitrogen and oxygen atoms in total. The number of amides is 1. The second-order valence-corrected chi connectivity index (χ2v) is 7.31. The van der Waals surface area contributed by atoms with Crippen molar-refractivity contribution in [1.29, 1.82) is 0 Å². The van der Waals surface area contributed by atoms with E-state index in [0.29, 0.717) is 17.9 Å². The maximum absolute atomic E-state index is 12.9. The highest BCUT2D eigenvalue weighted by Crippen LogP contribution is 2.29. The van der Waals surface area contributed by atoms with Crippen molar-refractivity contribution in [1.82, 2.24) is 25.1 Å². The SMILES string of the molecule is Cc1cc(C(=O)N2CCC[C@@H](c3[nH]ncc3Cc3ccccc3)C2)nc(N)n1. The van der Waals surface area contributed by atoms with Crippen LogP contribution in [-0.4, -0.2) is 44.1 Å². The highest BCUT2D eigenvalue weighted by atomic mass is 16.2. The normalized spacial score (nSPS) is 16.9. The number of anilines is 1. The molecule has 3 heterocycles. The number of nitrogen functional groups attached to an aromatic ring is 1. The number of nitrogens with zero attached hydrogens (tertiary/aromatic N) is 4. The predicted octanol–water partition coefficient (Wildman–Crippen LogP) is 2.70. The Hall–Kier alpha value is -3.22. The van der Waals surface area contributed by atoms with Crippen LogP contribution in [0, 0.1) is 6.92 Å². The Bertz CT molecular complexity index is 948. The summed E-state index contributed by atoms with van der Waals surface area (Å²) >= 11 is 0. The van der Waals surface area contributed by atoms with Crippen molar-refractivity contribution in [3.8, 4) is 0 Å². The quantitative estimate of drug-likeness (QED) is 0.729. The fraction of sp³-hybridized carbons (Fsp3) is 0.333. The van der Waals surface area contributed by atoms with Crippen molar-refractivity contribution in [2.24, 2.45) is 0 Å². The second kappa shape index (κ2) is 7.80. The number of carbonyl (C=O) groups excluding carboxylic acids is 1. The van der Waals surface area contributed by atoms with Crippen molar-refractivity contribution in [2.45, 2.75) is 32.1 Å². The van der Waals surface area contributed by atoms with Gasteiger partial charge in [-0.1, -0.05) is 30.3 Å². The fourth-order valence-corrected chi connectivity index (χ4v) is 3.89. The maximum Gasteiger partial charge on any atom is 0.272 e. The number of hydrogen-bond acceptors (Lipinski definition) is 5. The maximum atomic E-state index is 12.9. The Balaban J connectivity index is 1.52. The monoisotopic (exact) mass is 376 g/mol. The Morgan fingerprint density at radius 3 is 2.89 bits per heavy atom. The molecule has 0 radical (unpaired) electrons. The number of hydrogen-bond donors (Lipinski definition) is 2. The minimum atomic E-state index is -0.0916. The van der Waals surface area contributed by atoms with Gasteiger partial charge in [0.05, 0.1) is 6.20 Å². The molecule has 1 atom stereocenters. The minimum Gasteiger partial charge on any atom is -0.368 e. The van der Waals surface area contributed by atoms with Crippen molar-refractivity contribution < 1.29 is 4.79 Å². The number of carbonyl (C=O) groups is 1. The number of nitrogens with two attached hydrogens (primary N) is 1. The summed E-state index contributed by atoms with van der Waals surface area (Å²) in [5.74, 6) is 0.279. The van der Waals surface area contributed by atoms with E-state index in [9.17, 15) is 4.79 Å². The lowest BCUT2D eigenvalue weighted by Crippen LogP contribution is -2.40. The van der Waals surface area contributed by atoms with Gasteiger partial charge in [0.2, 0.25) is 5.95 Å². The molecule has 1 fully saturated rings. The molecule has 1 aromatic carbocycles. The van der Waals surface area contributed by atoms with Crippen LogP contribution in [0.4, 0.5) is 5.95 Å². The molecule has 0 aliphatic carbocycles. The molecular formula is C21H24N6O. The summed E-state index contributed by atoms with van der Waals surface area (Å²) in [6.45, 7) is 3.18. The van der Waals surface area contributed by atoms with Gasteiger partial charge in [0, 0.05) is 36.8 Å². The van der Waals surface area contributed by atoms with E-state index < -0.39 is 0 Å². The van der Waals surface area contributed by atoms with Crippen molar-refractivity contribution in [3.63, 3.8) is 0 Å². The topological polar surface area (TPSA) is 101 Å². The molecule has 1 amide bonds. The van der Waals surface area contributed by atoms with Crippen LogP contribution < -0.4 is 5.73 Å². The smallest absolute Gasteiger partial charge is 0.272 e.